The number of hydrogen-bond acceptors (Lipinski definition) is 2. The summed E-state index contributed by atoms with van der Waals surface area (Å²) in [7, 11) is 0. The second-order valence-corrected chi connectivity index (χ2v) is 5.16. The summed E-state index contributed by atoms with van der Waals surface area (Å²) in [5, 5.41) is 4.06. The number of aromatic nitrogens is 2. The number of nitrogens with zero attached hydrogens (tertiary/aromatic N) is 1. The predicted molar refractivity (Wildman–Crippen MR) is 84.2 cm³/mol. The average Bonchev–Trinajstić information content (AvgIpc) is 2.88. The third-order valence-corrected chi connectivity index (χ3v) is 3.46. The fourth-order valence-corrected chi connectivity index (χ4v) is 2.43. The minimum atomic E-state index is 0.00711. The number of hydrogen-bond donors (Lipinski definition) is 2. The third-order valence-electron chi connectivity index (χ3n) is 3.46. The zero-order valence-corrected chi connectivity index (χ0v) is 11.9. The molecule has 0 radical (unpaired) electrons. The molecule has 0 aliphatic rings. The van der Waals surface area contributed by atoms with Gasteiger partial charge in [0.2, 0.25) is 5.91 Å². The van der Waals surface area contributed by atoms with Gasteiger partial charge in [-0.2, -0.15) is 0 Å². The second kappa shape index (κ2) is 5.79. The fourth-order valence-electron chi connectivity index (χ4n) is 2.43. The van der Waals surface area contributed by atoms with Gasteiger partial charge in [-0.1, -0.05) is 18.2 Å². The molecule has 3 rings (SSSR count). The molecule has 106 valence electrons. The summed E-state index contributed by atoms with van der Waals surface area (Å²) in [5.41, 5.74) is 4.06. The fraction of sp³-hybridized carbons (Fsp3) is 0.176. The van der Waals surface area contributed by atoms with Crippen molar-refractivity contribution >= 4 is 22.5 Å². The Morgan fingerprint density at radius 1 is 1.29 bits per heavy atom. The topological polar surface area (TPSA) is 57.8 Å². The van der Waals surface area contributed by atoms with Crippen LogP contribution in [0.1, 0.15) is 17.5 Å². The van der Waals surface area contributed by atoms with Crippen LogP contribution in [0.3, 0.4) is 0 Å². The van der Waals surface area contributed by atoms with Gasteiger partial charge in [0.05, 0.1) is 11.9 Å². The lowest BCUT2D eigenvalue weighted by Gasteiger charge is -2.05. The lowest BCUT2D eigenvalue weighted by Crippen LogP contribution is -2.12. The predicted octanol–water partition coefficient (Wildman–Crippen LogP) is 3.44. The van der Waals surface area contributed by atoms with Gasteiger partial charge in [0.25, 0.3) is 0 Å². The van der Waals surface area contributed by atoms with E-state index in [-0.39, 0.29) is 5.91 Å². The van der Waals surface area contributed by atoms with E-state index in [1.54, 1.807) is 12.4 Å². The van der Waals surface area contributed by atoms with Gasteiger partial charge in [0.15, 0.2) is 0 Å². The van der Waals surface area contributed by atoms with E-state index < -0.39 is 0 Å². The minimum Gasteiger partial charge on any atom is -0.361 e. The minimum absolute atomic E-state index is 0.00711. The van der Waals surface area contributed by atoms with E-state index in [1.807, 2.05) is 37.4 Å². The van der Waals surface area contributed by atoms with E-state index in [1.165, 1.54) is 10.9 Å². The Kier molecular flexibility index (Phi) is 3.69. The van der Waals surface area contributed by atoms with Crippen LogP contribution < -0.4 is 5.32 Å². The Hall–Kier alpha value is -2.62. The van der Waals surface area contributed by atoms with Crippen LogP contribution >= 0.6 is 0 Å². The highest BCUT2D eigenvalue weighted by molar-refractivity contribution is 5.91. The summed E-state index contributed by atoms with van der Waals surface area (Å²) in [4.78, 5) is 19.3. The van der Waals surface area contributed by atoms with Gasteiger partial charge in [-0.25, -0.2) is 0 Å². The number of H-pyrrole nitrogens is 1. The summed E-state index contributed by atoms with van der Waals surface area (Å²) in [6.07, 6.45) is 6.58. The number of carbonyl (C=O) groups excluding carboxylic acids is 1. The van der Waals surface area contributed by atoms with Crippen molar-refractivity contribution in [2.75, 3.05) is 5.32 Å². The first kappa shape index (κ1) is 13.4. The van der Waals surface area contributed by atoms with Crippen LogP contribution in [0.2, 0.25) is 0 Å². The molecule has 0 spiro atoms. The molecule has 0 bridgehead atoms. The average molecular weight is 279 g/mol. The van der Waals surface area contributed by atoms with Gasteiger partial charge in [0, 0.05) is 29.7 Å². The molecule has 0 saturated heterocycles. The lowest BCUT2D eigenvalue weighted by atomic mass is 10.1. The van der Waals surface area contributed by atoms with Gasteiger partial charge in [0.1, 0.15) is 0 Å². The molecule has 3 aromatic rings. The third kappa shape index (κ3) is 3.11. The monoisotopic (exact) mass is 279 g/mol. The number of carbonyl (C=O) groups is 1. The van der Waals surface area contributed by atoms with Gasteiger partial charge < -0.3 is 10.3 Å². The van der Waals surface area contributed by atoms with Crippen molar-refractivity contribution in [2.24, 2.45) is 0 Å². The number of para-hydroxylation sites is 1. The summed E-state index contributed by atoms with van der Waals surface area (Å²) in [6.45, 7) is 1.95. The lowest BCUT2D eigenvalue weighted by molar-refractivity contribution is -0.116. The summed E-state index contributed by atoms with van der Waals surface area (Å²) < 4.78 is 0. The smallest absolute Gasteiger partial charge is 0.224 e. The van der Waals surface area contributed by atoms with Crippen LogP contribution in [0.5, 0.6) is 0 Å². The number of anilines is 1. The zero-order valence-electron chi connectivity index (χ0n) is 11.9. The maximum absolute atomic E-state index is 12.0. The maximum atomic E-state index is 12.0. The van der Waals surface area contributed by atoms with E-state index in [9.17, 15) is 4.79 Å². The number of benzene rings is 1. The quantitative estimate of drug-likeness (QED) is 0.768. The molecule has 21 heavy (non-hydrogen) atoms. The molecule has 1 aromatic carbocycles. The number of nitrogens with one attached hydrogen (secondary N) is 2. The highest BCUT2D eigenvalue weighted by atomic mass is 16.1. The van der Waals surface area contributed by atoms with Gasteiger partial charge >= 0.3 is 0 Å². The molecule has 0 saturated carbocycles. The van der Waals surface area contributed by atoms with Crippen molar-refractivity contribution in [2.45, 2.75) is 19.8 Å². The number of rotatable bonds is 4. The number of pyridine rings is 1. The Morgan fingerprint density at radius 2 is 2.14 bits per heavy atom. The van der Waals surface area contributed by atoms with E-state index in [2.05, 4.69) is 21.4 Å². The molecule has 2 N–H and O–H groups in total. The summed E-state index contributed by atoms with van der Waals surface area (Å²) in [5.74, 6) is 0.00711. The van der Waals surface area contributed by atoms with Gasteiger partial charge in [-0.15, -0.1) is 0 Å². The normalized spacial score (nSPS) is 10.7. The number of aromatic amines is 1. The highest BCUT2D eigenvalue weighted by Crippen LogP contribution is 2.19. The SMILES string of the molecule is Cc1cncc(NC(=O)CCc2c[nH]c3ccccc23)c1. The zero-order chi connectivity index (χ0) is 14.7. The molecule has 4 heteroatoms. The second-order valence-electron chi connectivity index (χ2n) is 5.16. The molecule has 0 unspecified atom stereocenters. The molecule has 2 aromatic heterocycles. The Bertz CT molecular complexity index is 776. The van der Waals surface area contributed by atoms with Crippen molar-refractivity contribution in [3.8, 4) is 0 Å². The molecule has 0 fully saturated rings. The van der Waals surface area contributed by atoms with Gasteiger partial charge in [-0.3, -0.25) is 9.78 Å². The molecule has 0 aliphatic carbocycles. The summed E-state index contributed by atoms with van der Waals surface area (Å²) >= 11 is 0. The first-order chi connectivity index (χ1) is 10.2. The van der Waals surface area contributed by atoms with Crippen molar-refractivity contribution < 1.29 is 4.79 Å². The molecule has 0 aliphatic heterocycles. The largest absolute Gasteiger partial charge is 0.361 e. The van der Waals surface area contributed by atoms with E-state index >= 15 is 0 Å². The summed E-state index contributed by atoms with van der Waals surface area (Å²) in [6, 6.07) is 10.0. The maximum Gasteiger partial charge on any atom is 0.224 e. The number of aryl methyl sites for hydroxylation is 2. The van der Waals surface area contributed by atoms with E-state index in [4.69, 9.17) is 0 Å². The van der Waals surface area contributed by atoms with Crippen molar-refractivity contribution in [3.05, 3.63) is 60.0 Å². The molecular formula is C17H17N3O. The van der Waals surface area contributed by atoms with Crippen molar-refractivity contribution in [1.82, 2.24) is 9.97 Å². The first-order valence-electron chi connectivity index (χ1n) is 6.99. The Morgan fingerprint density at radius 3 is 3.00 bits per heavy atom. The standard InChI is InChI=1S/C17H17N3O/c1-12-8-14(11-18-9-12)20-17(21)7-6-13-10-19-16-5-3-2-4-15(13)16/h2-5,8-11,19H,6-7H2,1H3,(H,20,21). The van der Waals surface area contributed by atoms with Crippen LogP contribution in [-0.4, -0.2) is 15.9 Å². The number of amides is 1. The Balaban J connectivity index is 1.63. The highest BCUT2D eigenvalue weighted by Gasteiger charge is 2.07. The van der Waals surface area contributed by atoms with Crippen LogP contribution in [0.4, 0.5) is 5.69 Å². The van der Waals surface area contributed by atoms with Crippen LogP contribution in [0.15, 0.2) is 48.9 Å². The van der Waals surface area contributed by atoms with E-state index in [0.717, 1.165) is 23.2 Å². The van der Waals surface area contributed by atoms with E-state index in [0.29, 0.717) is 6.42 Å². The number of fused-ring (bicyclic) bond motifs is 1. The van der Waals surface area contributed by atoms with Gasteiger partial charge in [-0.05, 0) is 36.6 Å². The van der Waals surface area contributed by atoms with Crippen LogP contribution in [0.25, 0.3) is 10.9 Å². The molecule has 1 amide bonds. The Labute approximate surface area is 123 Å². The first-order valence-corrected chi connectivity index (χ1v) is 6.99. The van der Waals surface area contributed by atoms with Crippen LogP contribution in [0, 0.1) is 6.92 Å². The molecule has 4 nitrogen and oxygen atoms in total. The van der Waals surface area contributed by atoms with Crippen LogP contribution in [-0.2, 0) is 11.2 Å². The van der Waals surface area contributed by atoms with Crippen molar-refractivity contribution in [1.29, 1.82) is 0 Å². The molecule has 0 atom stereocenters. The molecular weight excluding hydrogens is 262 g/mol. The van der Waals surface area contributed by atoms with Crippen molar-refractivity contribution in [3.63, 3.8) is 0 Å². The molecule has 2 heterocycles.